The summed E-state index contributed by atoms with van der Waals surface area (Å²) in [5, 5.41) is 29.1. The van der Waals surface area contributed by atoms with Crippen LogP contribution in [0.2, 0.25) is 0 Å². The maximum atomic E-state index is 10.3. The smallest absolute Gasteiger partial charge is 0.269 e. The normalized spacial score (nSPS) is 9.70. The summed E-state index contributed by atoms with van der Waals surface area (Å²) in [5.41, 5.74) is 0.0638. The molecule has 0 bridgehead atoms. The lowest BCUT2D eigenvalue weighted by atomic mass is 10.3. The molecule has 0 amide bonds. The van der Waals surface area contributed by atoms with Gasteiger partial charge in [0.25, 0.3) is 11.4 Å². The number of aromatic hydroxyl groups is 1. The summed E-state index contributed by atoms with van der Waals surface area (Å²) in [7, 11) is 0. The van der Waals surface area contributed by atoms with Crippen LogP contribution in [0.15, 0.2) is 48.5 Å². The molecule has 0 spiro atoms. The van der Waals surface area contributed by atoms with Crippen molar-refractivity contribution in [3.05, 3.63) is 68.8 Å². The minimum Gasteiger partial charge on any atom is -0.508 e. The van der Waals surface area contributed by atoms with Gasteiger partial charge in [-0.25, -0.2) is 0 Å². The van der Waals surface area contributed by atoms with E-state index in [1.807, 2.05) is 13.8 Å². The Morgan fingerprint density at radius 3 is 1.61 bits per heavy atom. The van der Waals surface area contributed by atoms with Crippen molar-refractivity contribution in [1.29, 1.82) is 0 Å². The summed E-state index contributed by atoms with van der Waals surface area (Å²) >= 11 is 0. The van der Waals surface area contributed by atoms with E-state index in [9.17, 15) is 20.2 Å². The van der Waals surface area contributed by atoms with Crippen molar-refractivity contribution >= 4 is 11.4 Å². The Balaban J connectivity index is 0.000000238. The average molecular weight is 320 g/mol. The molecule has 2 aromatic carbocycles. The van der Waals surface area contributed by atoms with E-state index in [-0.39, 0.29) is 23.2 Å². The Morgan fingerprint density at radius 2 is 1.26 bits per heavy atom. The highest BCUT2D eigenvalue weighted by atomic mass is 16.6. The largest absolute Gasteiger partial charge is 0.508 e. The molecule has 0 unspecified atom stereocenters. The molecule has 2 rings (SSSR count). The third kappa shape index (κ3) is 6.42. The first-order valence-corrected chi connectivity index (χ1v) is 6.64. The number of hydrogen-bond acceptors (Lipinski definition) is 6. The van der Waals surface area contributed by atoms with E-state index in [0.29, 0.717) is 5.75 Å². The summed E-state index contributed by atoms with van der Waals surface area (Å²) in [4.78, 5) is 19.4. The van der Waals surface area contributed by atoms with E-state index >= 15 is 0 Å². The van der Waals surface area contributed by atoms with Crippen LogP contribution in [0.1, 0.15) is 13.8 Å². The molecule has 0 radical (unpaired) electrons. The summed E-state index contributed by atoms with van der Waals surface area (Å²) in [6.07, 6.45) is 0.0847. The molecule has 0 fully saturated rings. The highest BCUT2D eigenvalue weighted by molar-refractivity contribution is 5.36. The molecule has 0 aromatic heterocycles. The van der Waals surface area contributed by atoms with Crippen LogP contribution >= 0.6 is 0 Å². The van der Waals surface area contributed by atoms with E-state index in [2.05, 4.69) is 0 Å². The van der Waals surface area contributed by atoms with Gasteiger partial charge in [-0.3, -0.25) is 20.2 Å². The molecule has 8 nitrogen and oxygen atoms in total. The van der Waals surface area contributed by atoms with E-state index in [4.69, 9.17) is 9.84 Å². The number of nitro benzene ring substituents is 2. The first-order chi connectivity index (χ1) is 10.8. The molecule has 0 saturated heterocycles. The number of nitro groups is 2. The van der Waals surface area contributed by atoms with Gasteiger partial charge in [-0.15, -0.1) is 0 Å². The van der Waals surface area contributed by atoms with Crippen LogP contribution in [0, 0.1) is 20.2 Å². The van der Waals surface area contributed by atoms with Gasteiger partial charge in [0.15, 0.2) is 0 Å². The molecule has 122 valence electrons. The lowest BCUT2D eigenvalue weighted by Crippen LogP contribution is -2.05. The number of benzene rings is 2. The number of phenolic OH excluding ortho intramolecular Hbond substituents is 1. The van der Waals surface area contributed by atoms with Crippen LogP contribution in [0.5, 0.6) is 11.5 Å². The van der Waals surface area contributed by atoms with Crippen LogP contribution in [-0.2, 0) is 0 Å². The van der Waals surface area contributed by atoms with Gasteiger partial charge in [0.05, 0.1) is 16.0 Å². The molecule has 0 aliphatic heterocycles. The van der Waals surface area contributed by atoms with Crippen LogP contribution < -0.4 is 4.74 Å². The van der Waals surface area contributed by atoms with Crippen molar-refractivity contribution in [2.45, 2.75) is 20.0 Å². The van der Waals surface area contributed by atoms with Crippen molar-refractivity contribution in [2.75, 3.05) is 0 Å². The Morgan fingerprint density at radius 1 is 0.870 bits per heavy atom. The Labute approximate surface area is 132 Å². The van der Waals surface area contributed by atoms with Crippen LogP contribution in [0.4, 0.5) is 11.4 Å². The standard InChI is InChI=1S/C9H11NO3.C6H5NO3/c1-7(2)13-9-5-3-8(4-6-9)10(11)12;8-6-3-1-5(2-4-6)7(9)10/h3-7H,1-2H3;1-4,8H. The van der Waals surface area contributed by atoms with Gasteiger partial charge in [0.2, 0.25) is 0 Å². The zero-order chi connectivity index (χ0) is 17.4. The van der Waals surface area contributed by atoms with Gasteiger partial charge >= 0.3 is 0 Å². The number of non-ortho nitro benzene ring substituents is 2. The second-order valence-corrected chi connectivity index (χ2v) is 4.69. The van der Waals surface area contributed by atoms with Crippen LogP contribution in [0.25, 0.3) is 0 Å². The van der Waals surface area contributed by atoms with Crippen LogP contribution in [-0.4, -0.2) is 21.1 Å². The fraction of sp³-hybridized carbons (Fsp3) is 0.200. The summed E-state index contributed by atoms with van der Waals surface area (Å²) < 4.78 is 5.33. The van der Waals surface area contributed by atoms with Crippen LogP contribution in [0.3, 0.4) is 0 Å². The monoisotopic (exact) mass is 320 g/mol. The second-order valence-electron chi connectivity index (χ2n) is 4.69. The molecule has 0 atom stereocenters. The quantitative estimate of drug-likeness (QED) is 0.678. The minimum atomic E-state index is -0.514. The predicted octanol–water partition coefficient (Wildman–Crippen LogP) is 3.68. The molecule has 0 aliphatic rings. The molecule has 0 saturated carbocycles. The summed E-state index contributed by atoms with van der Waals surface area (Å²) in [6.45, 7) is 3.81. The Hall–Kier alpha value is -3.16. The highest BCUT2D eigenvalue weighted by Gasteiger charge is 2.04. The van der Waals surface area contributed by atoms with E-state index < -0.39 is 9.85 Å². The molecule has 0 heterocycles. The van der Waals surface area contributed by atoms with Gasteiger partial charge in [-0.05, 0) is 38.1 Å². The number of phenols is 1. The van der Waals surface area contributed by atoms with Gasteiger partial charge in [-0.1, -0.05) is 0 Å². The lowest BCUT2D eigenvalue weighted by Gasteiger charge is -2.08. The molecule has 23 heavy (non-hydrogen) atoms. The SMILES string of the molecule is CC(C)Oc1ccc([N+](=O)[O-])cc1.O=[N+]([O-])c1ccc(O)cc1. The molecule has 8 heteroatoms. The maximum Gasteiger partial charge on any atom is 0.269 e. The van der Waals surface area contributed by atoms with E-state index in [1.165, 1.54) is 36.4 Å². The number of nitrogens with zero attached hydrogens (tertiary/aromatic N) is 2. The number of hydrogen-bond donors (Lipinski definition) is 1. The molecular formula is C15H16N2O6. The molecule has 1 N–H and O–H groups in total. The predicted molar refractivity (Wildman–Crippen MR) is 83.6 cm³/mol. The van der Waals surface area contributed by atoms with Gasteiger partial charge in [-0.2, -0.15) is 0 Å². The fourth-order valence-electron chi connectivity index (χ4n) is 1.49. The summed E-state index contributed by atoms with van der Waals surface area (Å²) in [5.74, 6) is 0.686. The lowest BCUT2D eigenvalue weighted by molar-refractivity contribution is -0.385. The third-order valence-electron chi connectivity index (χ3n) is 2.48. The molecule has 0 aliphatic carbocycles. The Bertz CT molecular complexity index is 653. The van der Waals surface area contributed by atoms with Crippen molar-refractivity contribution in [3.63, 3.8) is 0 Å². The number of rotatable bonds is 4. The van der Waals surface area contributed by atoms with E-state index in [0.717, 1.165) is 0 Å². The molecule has 2 aromatic rings. The average Bonchev–Trinajstić information content (AvgIpc) is 2.48. The van der Waals surface area contributed by atoms with Gasteiger partial charge in [0, 0.05) is 24.3 Å². The molecular weight excluding hydrogens is 304 g/mol. The zero-order valence-electron chi connectivity index (χ0n) is 12.6. The van der Waals surface area contributed by atoms with Crippen molar-refractivity contribution in [3.8, 4) is 11.5 Å². The van der Waals surface area contributed by atoms with Crippen molar-refractivity contribution < 1.29 is 19.7 Å². The first-order valence-electron chi connectivity index (χ1n) is 6.64. The fourth-order valence-corrected chi connectivity index (χ4v) is 1.49. The first kappa shape index (κ1) is 17.9. The Kier molecular flexibility index (Phi) is 6.47. The van der Waals surface area contributed by atoms with Gasteiger partial charge < -0.3 is 9.84 Å². The minimum absolute atomic E-state index is 0.0159. The topological polar surface area (TPSA) is 116 Å². The van der Waals surface area contributed by atoms with Crippen molar-refractivity contribution in [1.82, 2.24) is 0 Å². The van der Waals surface area contributed by atoms with Crippen molar-refractivity contribution in [2.24, 2.45) is 0 Å². The second kappa shape index (κ2) is 8.32. The van der Waals surface area contributed by atoms with E-state index in [1.54, 1.807) is 12.1 Å². The summed E-state index contributed by atoms with van der Waals surface area (Å²) in [6, 6.07) is 11.1. The number of ether oxygens (including phenoxy) is 1. The highest BCUT2D eigenvalue weighted by Crippen LogP contribution is 2.18. The maximum absolute atomic E-state index is 10.3. The third-order valence-corrected chi connectivity index (χ3v) is 2.48. The van der Waals surface area contributed by atoms with Gasteiger partial charge in [0.1, 0.15) is 11.5 Å². The zero-order valence-corrected chi connectivity index (χ0v) is 12.6.